The van der Waals surface area contributed by atoms with E-state index in [-0.39, 0.29) is 0 Å². The smallest absolute Gasteiger partial charge is 0.0550 e. The summed E-state index contributed by atoms with van der Waals surface area (Å²) in [6, 6.07) is 6.23. The van der Waals surface area contributed by atoms with E-state index in [0.29, 0.717) is 5.92 Å². The molecule has 3 heteroatoms. The zero-order valence-electron chi connectivity index (χ0n) is 7.19. The molecule has 1 N–H and O–H groups in total. The maximum atomic E-state index is 6.02. The van der Waals surface area contributed by atoms with Crippen molar-refractivity contribution in [2.24, 2.45) is 0 Å². The van der Waals surface area contributed by atoms with Crippen molar-refractivity contribution in [1.82, 2.24) is 5.32 Å². The van der Waals surface area contributed by atoms with Crippen molar-refractivity contribution in [2.45, 2.75) is 12.3 Å². The average Bonchev–Trinajstić information content (AvgIpc) is 2.62. The topological polar surface area (TPSA) is 12.0 Å². The summed E-state index contributed by atoms with van der Waals surface area (Å²) in [5.41, 5.74) is 1.35. The van der Waals surface area contributed by atoms with Crippen LogP contribution in [0.4, 0.5) is 0 Å². The van der Waals surface area contributed by atoms with Crippen LogP contribution in [0.5, 0.6) is 0 Å². The molecule has 0 radical (unpaired) electrons. The first-order valence-electron chi connectivity index (χ1n) is 4.43. The summed E-state index contributed by atoms with van der Waals surface area (Å²) >= 11 is 9.42. The lowest BCUT2D eigenvalue weighted by atomic mass is 9.99. The van der Waals surface area contributed by atoms with E-state index < -0.39 is 0 Å². The second-order valence-electron chi connectivity index (χ2n) is 3.36. The molecular weight excluding hydrogens is 249 g/mol. The molecule has 1 nitrogen and oxygen atoms in total. The third-order valence-corrected chi connectivity index (χ3v) is 3.71. The quantitative estimate of drug-likeness (QED) is 0.818. The minimum atomic E-state index is 0.644. The Morgan fingerprint density at radius 1 is 1.46 bits per heavy atom. The molecule has 1 heterocycles. The molecule has 1 aliphatic heterocycles. The molecule has 1 fully saturated rings. The van der Waals surface area contributed by atoms with Crippen LogP contribution in [0.2, 0.25) is 5.02 Å². The maximum Gasteiger partial charge on any atom is 0.0550 e. The fourth-order valence-corrected chi connectivity index (χ4v) is 2.14. The summed E-state index contributed by atoms with van der Waals surface area (Å²) < 4.78 is 0.976. The zero-order valence-corrected chi connectivity index (χ0v) is 9.53. The van der Waals surface area contributed by atoms with Crippen molar-refractivity contribution >= 4 is 27.5 Å². The summed E-state index contributed by atoms with van der Waals surface area (Å²) in [6.45, 7) is 2.20. The molecule has 1 saturated heterocycles. The second-order valence-corrected chi connectivity index (χ2v) is 4.62. The summed E-state index contributed by atoms with van der Waals surface area (Å²) in [5.74, 6) is 0.644. The van der Waals surface area contributed by atoms with Crippen LogP contribution in [-0.4, -0.2) is 13.1 Å². The van der Waals surface area contributed by atoms with Crippen LogP contribution >= 0.6 is 27.5 Å². The Balaban J connectivity index is 2.25. The van der Waals surface area contributed by atoms with Gasteiger partial charge in [0.15, 0.2) is 0 Å². The molecule has 1 aromatic rings. The predicted molar refractivity (Wildman–Crippen MR) is 59.4 cm³/mol. The van der Waals surface area contributed by atoms with Gasteiger partial charge < -0.3 is 5.32 Å². The van der Waals surface area contributed by atoms with E-state index >= 15 is 0 Å². The van der Waals surface area contributed by atoms with Crippen molar-refractivity contribution in [3.8, 4) is 0 Å². The lowest BCUT2D eigenvalue weighted by Crippen LogP contribution is -2.07. The van der Waals surface area contributed by atoms with Crippen LogP contribution in [0.1, 0.15) is 17.9 Å². The van der Waals surface area contributed by atoms with Gasteiger partial charge in [-0.05, 0) is 52.5 Å². The minimum absolute atomic E-state index is 0.644. The molecule has 1 aromatic carbocycles. The second kappa shape index (κ2) is 3.99. The highest BCUT2D eigenvalue weighted by Gasteiger charge is 2.16. The molecular formula is C10H11BrClN. The number of nitrogens with one attached hydrogen (secondary N) is 1. The third-order valence-electron chi connectivity index (χ3n) is 2.48. The molecule has 0 saturated carbocycles. The minimum Gasteiger partial charge on any atom is -0.316 e. The van der Waals surface area contributed by atoms with Gasteiger partial charge in [0.1, 0.15) is 0 Å². The first kappa shape index (κ1) is 9.50. The largest absolute Gasteiger partial charge is 0.316 e. The zero-order chi connectivity index (χ0) is 9.26. The van der Waals surface area contributed by atoms with Gasteiger partial charge in [0.2, 0.25) is 0 Å². The highest BCUT2D eigenvalue weighted by atomic mass is 79.9. The van der Waals surface area contributed by atoms with Gasteiger partial charge in [-0.3, -0.25) is 0 Å². The lowest BCUT2D eigenvalue weighted by Gasteiger charge is -2.09. The van der Waals surface area contributed by atoms with E-state index in [1.54, 1.807) is 0 Å². The average molecular weight is 261 g/mol. The van der Waals surface area contributed by atoms with E-state index in [0.717, 1.165) is 22.6 Å². The van der Waals surface area contributed by atoms with Crippen LogP contribution in [0.25, 0.3) is 0 Å². The van der Waals surface area contributed by atoms with Crippen molar-refractivity contribution in [3.05, 3.63) is 33.3 Å². The Labute approximate surface area is 91.6 Å². The molecule has 1 unspecified atom stereocenters. The Bertz CT molecular complexity index is 308. The van der Waals surface area contributed by atoms with Gasteiger partial charge >= 0.3 is 0 Å². The van der Waals surface area contributed by atoms with E-state index in [2.05, 4.69) is 33.4 Å². The lowest BCUT2D eigenvalue weighted by molar-refractivity contribution is 0.763. The monoisotopic (exact) mass is 259 g/mol. The van der Waals surface area contributed by atoms with Gasteiger partial charge in [-0.2, -0.15) is 0 Å². The van der Waals surface area contributed by atoms with Crippen molar-refractivity contribution in [3.63, 3.8) is 0 Å². The van der Waals surface area contributed by atoms with Gasteiger partial charge in [0, 0.05) is 11.0 Å². The van der Waals surface area contributed by atoms with Gasteiger partial charge in [0.05, 0.1) is 5.02 Å². The first-order valence-corrected chi connectivity index (χ1v) is 5.60. The number of benzene rings is 1. The van der Waals surface area contributed by atoms with E-state index in [4.69, 9.17) is 11.6 Å². The SMILES string of the molecule is Clc1cc(C2CCNC2)ccc1Br. The van der Waals surface area contributed by atoms with Gasteiger partial charge in [-0.1, -0.05) is 17.7 Å². The molecule has 13 heavy (non-hydrogen) atoms. The van der Waals surface area contributed by atoms with Gasteiger partial charge in [0.25, 0.3) is 0 Å². The van der Waals surface area contributed by atoms with Crippen molar-refractivity contribution < 1.29 is 0 Å². The first-order chi connectivity index (χ1) is 6.27. The Morgan fingerprint density at radius 2 is 2.31 bits per heavy atom. The molecule has 0 amide bonds. The van der Waals surface area contributed by atoms with E-state index in [1.165, 1.54) is 12.0 Å². The highest BCUT2D eigenvalue weighted by molar-refractivity contribution is 9.10. The molecule has 0 aliphatic carbocycles. The van der Waals surface area contributed by atoms with Crippen LogP contribution in [0.3, 0.4) is 0 Å². The van der Waals surface area contributed by atoms with Crippen LogP contribution < -0.4 is 5.32 Å². The van der Waals surface area contributed by atoms with Gasteiger partial charge in [-0.15, -0.1) is 0 Å². The Hall–Kier alpha value is -0.0500. The fourth-order valence-electron chi connectivity index (χ4n) is 1.71. The highest BCUT2D eigenvalue weighted by Crippen LogP contribution is 2.29. The van der Waals surface area contributed by atoms with E-state index in [1.807, 2.05) is 6.07 Å². The fraction of sp³-hybridized carbons (Fsp3) is 0.400. The molecule has 1 aliphatic rings. The van der Waals surface area contributed by atoms with Crippen molar-refractivity contribution in [1.29, 1.82) is 0 Å². The van der Waals surface area contributed by atoms with Crippen LogP contribution in [0, 0.1) is 0 Å². The maximum absolute atomic E-state index is 6.02. The third kappa shape index (κ3) is 2.06. The number of hydrogen-bond acceptors (Lipinski definition) is 1. The van der Waals surface area contributed by atoms with Crippen molar-refractivity contribution in [2.75, 3.05) is 13.1 Å². The molecule has 1 atom stereocenters. The summed E-state index contributed by atoms with van der Waals surface area (Å²) in [4.78, 5) is 0. The summed E-state index contributed by atoms with van der Waals surface area (Å²) in [7, 11) is 0. The standard InChI is InChI=1S/C10H11BrClN/c11-9-2-1-7(5-10(9)12)8-3-4-13-6-8/h1-2,5,8,13H,3-4,6H2. The number of hydrogen-bond donors (Lipinski definition) is 1. The Kier molecular flexibility index (Phi) is 2.92. The van der Waals surface area contributed by atoms with E-state index in [9.17, 15) is 0 Å². The number of rotatable bonds is 1. The normalized spacial score (nSPS) is 22.2. The summed E-state index contributed by atoms with van der Waals surface area (Å²) in [6.07, 6.45) is 1.22. The van der Waals surface area contributed by atoms with Gasteiger partial charge in [-0.25, -0.2) is 0 Å². The van der Waals surface area contributed by atoms with Crippen LogP contribution in [-0.2, 0) is 0 Å². The molecule has 2 rings (SSSR count). The predicted octanol–water partition coefficient (Wildman–Crippen LogP) is 3.18. The molecule has 0 spiro atoms. The van der Waals surface area contributed by atoms with Crippen LogP contribution in [0.15, 0.2) is 22.7 Å². The molecule has 0 aromatic heterocycles. The Morgan fingerprint density at radius 3 is 2.92 bits per heavy atom. The number of halogens is 2. The summed E-state index contributed by atoms with van der Waals surface area (Å²) in [5, 5.41) is 4.16. The molecule has 0 bridgehead atoms. The molecule has 70 valence electrons.